The summed E-state index contributed by atoms with van der Waals surface area (Å²) < 4.78 is 55.1. The van der Waals surface area contributed by atoms with Crippen LogP contribution in [0.3, 0.4) is 0 Å². The van der Waals surface area contributed by atoms with Crippen molar-refractivity contribution in [2.45, 2.75) is 22.6 Å². The highest BCUT2D eigenvalue weighted by Crippen LogP contribution is 2.20. The zero-order chi connectivity index (χ0) is 28.6. The van der Waals surface area contributed by atoms with Crippen molar-refractivity contribution in [3.05, 3.63) is 109 Å². The largest absolute Gasteiger partial charge is 0.326 e. The van der Waals surface area contributed by atoms with Gasteiger partial charge in [0.05, 0.1) is 9.79 Å². The molecule has 0 aliphatic carbocycles. The van der Waals surface area contributed by atoms with E-state index in [0.717, 1.165) is 0 Å². The SMILES string of the molecule is O=C(CCC(=O)Nc1ccc(S(=O)(=O)Nc2ccccc2)cc1)Nc1ccc(S(=O)(=O)Nc2ccccc2)cc1. The number of carbonyl (C=O) groups excluding carboxylic acids is 2. The second kappa shape index (κ2) is 12.5. The molecule has 0 bridgehead atoms. The molecular formula is C28H26N4O6S2. The Labute approximate surface area is 232 Å². The monoisotopic (exact) mass is 578 g/mol. The first-order valence-electron chi connectivity index (χ1n) is 12.1. The number of para-hydroxylation sites is 2. The second-order valence-corrected chi connectivity index (χ2v) is 12.0. The van der Waals surface area contributed by atoms with E-state index in [2.05, 4.69) is 20.1 Å². The molecule has 0 atom stereocenters. The lowest BCUT2D eigenvalue weighted by molar-refractivity contribution is -0.121. The maximum absolute atomic E-state index is 12.5. The highest BCUT2D eigenvalue weighted by molar-refractivity contribution is 7.93. The lowest BCUT2D eigenvalue weighted by atomic mass is 10.2. The normalized spacial score (nSPS) is 11.3. The van der Waals surface area contributed by atoms with Gasteiger partial charge in [0.15, 0.2) is 0 Å². The van der Waals surface area contributed by atoms with Crippen molar-refractivity contribution in [1.82, 2.24) is 0 Å². The fourth-order valence-corrected chi connectivity index (χ4v) is 5.67. The van der Waals surface area contributed by atoms with Crippen molar-refractivity contribution >= 4 is 54.6 Å². The molecular weight excluding hydrogens is 552 g/mol. The van der Waals surface area contributed by atoms with Crippen LogP contribution in [0.4, 0.5) is 22.7 Å². The van der Waals surface area contributed by atoms with Crippen molar-refractivity contribution in [2.24, 2.45) is 0 Å². The number of nitrogens with one attached hydrogen (secondary N) is 4. The molecule has 0 aliphatic heterocycles. The molecule has 0 heterocycles. The third kappa shape index (κ3) is 7.91. The van der Waals surface area contributed by atoms with Gasteiger partial charge in [0, 0.05) is 35.6 Å². The molecule has 40 heavy (non-hydrogen) atoms. The van der Waals surface area contributed by atoms with Gasteiger partial charge in [-0.25, -0.2) is 16.8 Å². The molecule has 0 aliphatic rings. The Kier molecular flexibility index (Phi) is 8.82. The summed E-state index contributed by atoms with van der Waals surface area (Å²) in [5.74, 6) is -0.858. The van der Waals surface area contributed by atoms with Crippen molar-refractivity contribution in [1.29, 1.82) is 0 Å². The quantitative estimate of drug-likeness (QED) is 0.204. The number of rotatable bonds is 11. The lowest BCUT2D eigenvalue weighted by Gasteiger charge is -2.10. The van der Waals surface area contributed by atoms with Crippen LogP contribution >= 0.6 is 0 Å². The first-order valence-corrected chi connectivity index (χ1v) is 15.0. The van der Waals surface area contributed by atoms with Gasteiger partial charge < -0.3 is 10.6 Å². The molecule has 0 unspecified atom stereocenters. The van der Waals surface area contributed by atoms with Gasteiger partial charge >= 0.3 is 0 Å². The maximum Gasteiger partial charge on any atom is 0.261 e. The van der Waals surface area contributed by atoms with Gasteiger partial charge in [0.25, 0.3) is 20.0 Å². The highest BCUT2D eigenvalue weighted by atomic mass is 32.2. The number of anilines is 4. The Bertz CT molecular complexity index is 1550. The molecule has 0 saturated carbocycles. The van der Waals surface area contributed by atoms with Gasteiger partial charge in [0.2, 0.25) is 11.8 Å². The van der Waals surface area contributed by atoms with Crippen LogP contribution in [-0.4, -0.2) is 28.6 Å². The molecule has 12 heteroatoms. The van der Waals surface area contributed by atoms with E-state index in [4.69, 9.17) is 0 Å². The molecule has 0 radical (unpaired) electrons. The zero-order valence-electron chi connectivity index (χ0n) is 21.1. The predicted molar refractivity (Wildman–Crippen MR) is 154 cm³/mol. The topological polar surface area (TPSA) is 151 Å². The van der Waals surface area contributed by atoms with Crippen molar-refractivity contribution < 1.29 is 26.4 Å². The molecule has 2 amide bonds. The molecule has 0 spiro atoms. The average Bonchev–Trinajstić information content (AvgIpc) is 2.93. The summed E-state index contributed by atoms with van der Waals surface area (Å²) >= 11 is 0. The Hall–Kier alpha value is -4.68. The van der Waals surface area contributed by atoms with E-state index in [0.29, 0.717) is 22.7 Å². The molecule has 0 aromatic heterocycles. The summed E-state index contributed by atoms with van der Waals surface area (Å²) in [4.78, 5) is 24.7. The van der Waals surface area contributed by atoms with Crippen molar-refractivity contribution in [2.75, 3.05) is 20.1 Å². The number of sulfonamides is 2. The molecule has 4 aromatic carbocycles. The minimum Gasteiger partial charge on any atom is -0.326 e. The molecule has 206 valence electrons. The van der Waals surface area contributed by atoms with Gasteiger partial charge in [-0.3, -0.25) is 19.0 Å². The van der Waals surface area contributed by atoms with Crippen LogP contribution in [0.5, 0.6) is 0 Å². The summed E-state index contributed by atoms with van der Waals surface area (Å²) in [5.41, 5.74) is 1.62. The summed E-state index contributed by atoms with van der Waals surface area (Å²) in [6.07, 6.45) is -0.232. The first-order chi connectivity index (χ1) is 19.1. The summed E-state index contributed by atoms with van der Waals surface area (Å²) in [5, 5.41) is 5.25. The smallest absolute Gasteiger partial charge is 0.261 e. The first kappa shape index (κ1) is 28.3. The number of amides is 2. The maximum atomic E-state index is 12.5. The summed E-state index contributed by atoms with van der Waals surface area (Å²) in [6.45, 7) is 0. The van der Waals surface area contributed by atoms with Crippen LogP contribution in [0.2, 0.25) is 0 Å². The standard InChI is InChI=1S/C28H26N4O6S2/c33-27(29-21-11-15-25(16-12-21)39(35,36)31-23-7-3-1-4-8-23)19-20-28(34)30-22-13-17-26(18-14-22)40(37,38)32-24-9-5-2-6-10-24/h1-18,31-32H,19-20H2,(H,29,33)(H,30,34). The summed E-state index contributed by atoms with van der Waals surface area (Å²) in [7, 11) is -7.58. The zero-order valence-corrected chi connectivity index (χ0v) is 22.7. The number of hydrogen-bond acceptors (Lipinski definition) is 6. The van der Waals surface area contributed by atoms with Crippen LogP contribution in [0.25, 0.3) is 0 Å². The van der Waals surface area contributed by atoms with Crippen molar-refractivity contribution in [3.8, 4) is 0 Å². The average molecular weight is 579 g/mol. The van der Waals surface area contributed by atoms with Crippen LogP contribution in [0, 0.1) is 0 Å². The Morgan fingerprint density at radius 3 is 1.10 bits per heavy atom. The van der Waals surface area contributed by atoms with Gasteiger partial charge in [-0.15, -0.1) is 0 Å². The van der Waals surface area contributed by atoms with Gasteiger partial charge in [-0.05, 0) is 72.8 Å². The highest BCUT2D eigenvalue weighted by Gasteiger charge is 2.16. The van der Waals surface area contributed by atoms with E-state index in [1.165, 1.54) is 48.5 Å². The molecule has 4 N–H and O–H groups in total. The Balaban J connectivity index is 1.25. The summed E-state index contributed by atoms with van der Waals surface area (Å²) in [6, 6.07) is 28.2. The predicted octanol–water partition coefficient (Wildman–Crippen LogP) is 4.65. The Morgan fingerprint density at radius 1 is 0.450 bits per heavy atom. The molecule has 0 fully saturated rings. The van der Waals surface area contributed by atoms with Gasteiger partial charge in [-0.2, -0.15) is 0 Å². The number of hydrogen-bond donors (Lipinski definition) is 4. The molecule has 10 nitrogen and oxygen atoms in total. The third-order valence-corrected chi connectivity index (χ3v) is 8.32. The van der Waals surface area contributed by atoms with E-state index in [-0.39, 0.29) is 22.6 Å². The van der Waals surface area contributed by atoms with Gasteiger partial charge in [-0.1, -0.05) is 36.4 Å². The van der Waals surface area contributed by atoms with E-state index >= 15 is 0 Å². The van der Waals surface area contributed by atoms with E-state index < -0.39 is 31.9 Å². The third-order valence-electron chi connectivity index (χ3n) is 5.53. The Morgan fingerprint density at radius 2 is 0.775 bits per heavy atom. The molecule has 4 aromatic rings. The minimum absolute atomic E-state index is 0.0309. The van der Waals surface area contributed by atoms with Crippen LogP contribution in [0.15, 0.2) is 119 Å². The van der Waals surface area contributed by atoms with E-state index in [1.54, 1.807) is 60.7 Å². The molecule has 4 rings (SSSR count). The van der Waals surface area contributed by atoms with Crippen LogP contribution in [0.1, 0.15) is 12.8 Å². The molecule has 0 saturated heterocycles. The van der Waals surface area contributed by atoms with E-state index in [9.17, 15) is 26.4 Å². The number of benzene rings is 4. The van der Waals surface area contributed by atoms with Crippen LogP contribution < -0.4 is 20.1 Å². The van der Waals surface area contributed by atoms with E-state index in [1.807, 2.05) is 0 Å². The fraction of sp³-hybridized carbons (Fsp3) is 0.0714. The van der Waals surface area contributed by atoms with Gasteiger partial charge in [0.1, 0.15) is 0 Å². The van der Waals surface area contributed by atoms with Crippen LogP contribution in [-0.2, 0) is 29.6 Å². The fourth-order valence-electron chi connectivity index (χ4n) is 3.55. The number of carbonyl (C=O) groups is 2. The van der Waals surface area contributed by atoms with Crippen molar-refractivity contribution in [3.63, 3.8) is 0 Å². The second-order valence-electron chi connectivity index (χ2n) is 8.59. The minimum atomic E-state index is -3.79. The lowest BCUT2D eigenvalue weighted by Crippen LogP contribution is -2.18.